The molecule has 0 fully saturated rings. The molecule has 0 radical (unpaired) electrons. The van der Waals surface area contributed by atoms with E-state index in [4.69, 9.17) is 26.3 Å². The normalized spacial score (nSPS) is 9.94. The highest BCUT2D eigenvalue weighted by atomic mass is 35.5. The fraction of sp³-hybridized carbons (Fsp3) is 0.417. The number of benzene rings is 1. The van der Waals surface area contributed by atoms with E-state index in [1.54, 1.807) is 18.2 Å². The van der Waals surface area contributed by atoms with Gasteiger partial charge >= 0.3 is 0 Å². The first-order valence-corrected chi connectivity index (χ1v) is 5.57. The summed E-state index contributed by atoms with van der Waals surface area (Å²) in [6.07, 6.45) is 0.356. The molecule has 17 heavy (non-hydrogen) atoms. The number of nitrogens with zero attached hydrogens (tertiary/aromatic N) is 1. The smallest absolute Gasteiger partial charge is 0.123 e. The van der Waals surface area contributed by atoms with Crippen LogP contribution < -0.4 is 4.74 Å². The molecular weight excluding hydrogens is 245 g/mol. The summed E-state index contributed by atoms with van der Waals surface area (Å²) in [6.45, 7) is 0.224. The number of hydrogen-bond donors (Lipinski definition) is 0. The van der Waals surface area contributed by atoms with Crippen LogP contribution in [0.1, 0.15) is 12.0 Å². The van der Waals surface area contributed by atoms with Gasteiger partial charge in [-0.3, -0.25) is 0 Å². The van der Waals surface area contributed by atoms with E-state index in [1.807, 2.05) is 6.07 Å². The van der Waals surface area contributed by atoms with Crippen molar-refractivity contribution in [2.45, 2.75) is 13.0 Å². The summed E-state index contributed by atoms with van der Waals surface area (Å²) >= 11 is 6.00. The number of rotatable bonds is 7. The molecule has 0 saturated carbocycles. The first-order valence-electron chi connectivity index (χ1n) is 5.20. The van der Waals surface area contributed by atoms with Crippen molar-refractivity contribution >= 4 is 11.6 Å². The van der Waals surface area contributed by atoms with Gasteiger partial charge in [0, 0.05) is 5.02 Å². The van der Waals surface area contributed by atoms with Gasteiger partial charge < -0.3 is 9.47 Å². The van der Waals surface area contributed by atoms with E-state index in [2.05, 4.69) is 0 Å². The van der Waals surface area contributed by atoms with Crippen molar-refractivity contribution in [3.8, 4) is 11.8 Å². The van der Waals surface area contributed by atoms with Crippen LogP contribution in [-0.4, -0.2) is 19.9 Å². The van der Waals surface area contributed by atoms with Crippen LogP contribution >= 0.6 is 11.6 Å². The third-order valence-electron chi connectivity index (χ3n) is 1.99. The maximum Gasteiger partial charge on any atom is 0.123 e. The molecule has 0 atom stereocenters. The fourth-order valence-electron chi connectivity index (χ4n) is 1.19. The van der Waals surface area contributed by atoms with E-state index in [9.17, 15) is 4.39 Å². The molecular formula is C12H13ClFNO2. The van der Waals surface area contributed by atoms with E-state index in [0.29, 0.717) is 30.4 Å². The third kappa shape index (κ3) is 5.03. The molecule has 3 nitrogen and oxygen atoms in total. The molecule has 0 spiro atoms. The summed E-state index contributed by atoms with van der Waals surface area (Å²) in [4.78, 5) is 0. The van der Waals surface area contributed by atoms with Crippen LogP contribution in [0, 0.1) is 11.3 Å². The molecule has 1 aromatic carbocycles. The largest absolute Gasteiger partial charge is 0.491 e. The second-order valence-electron chi connectivity index (χ2n) is 3.25. The second-order valence-corrected chi connectivity index (χ2v) is 3.66. The van der Waals surface area contributed by atoms with Crippen LogP contribution in [0.3, 0.4) is 0 Å². The first-order chi connectivity index (χ1) is 8.27. The maximum absolute atomic E-state index is 11.9. The van der Waals surface area contributed by atoms with Crippen molar-refractivity contribution in [3.63, 3.8) is 0 Å². The van der Waals surface area contributed by atoms with Crippen LogP contribution in [0.2, 0.25) is 5.02 Å². The maximum atomic E-state index is 11.9. The number of hydrogen-bond acceptors (Lipinski definition) is 3. The predicted octanol–water partition coefficient (Wildman–Crippen LogP) is 3.12. The molecule has 0 aromatic heterocycles. The molecule has 0 amide bonds. The fourth-order valence-corrected chi connectivity index (χ4v) is 1.42. The number of nitriles is 1. The highest BCUT2D eigenvalue weighted by molar-refractivity contribution is 6.31. The lowest BCUT2D eigenvalue weighted by molar-refractivity contribution is 0.126. The van der Waals surface area contributed by atoms with Crippen molar-refractivity contribution in [2.24, 2.45) is 0 Å². The van der Waals surface area contributed by atoms with Gasteiger partial charge in [-0.2, -0.15) is 5.26 Å². The van der Waals surface area contributed by atoms with Crippen LogP contribution in [0.15, 0.2) is 18.2 Å². The van der Waals surface area contributed by atoms with Crippen molar-refractivity contribution in [1.29, 1.82) is 5.26 Å². The van der Waals surface area contributed by atoms with Crippen molar-refractivity contribution in [2.75, 3.05) is 19.9 Å². The molecule has 0 aliphatic carbocycles. The van der Waals surface area contributed by atoms with Gasteiger partial charge in [-0.1, -0.05) is 17.7 Å². The minimum Gasteiger partial charge on any atom is -0.491 e. The highest BCUT2D eigenvalue weighted by Crippen LogP contribution is 2.23. The quantitative estimate of drug-likeness (QED) is 0.705. The Morgan fingerprint density at radius 3 is 2.82 bits per heavy atom. The van der Waals surface area contributed by atoms with Crippen LogP contribution in [0.5, 0.6) is 5.75 Å². The molecule has 0 bridgehead atoms. The molecule has 1 aromatic rings. The Morgan fingerprint density at radius 1 is 1.35 bits per heavy atom. The van der Waals surface area contributed by atoms with E-state index in [0.717, 1.165) is 5.56 Å². The van der Waals surface area contributed by atoms with E-state index in [1.165, 1.54) is 0 Å². The Morgan fingerprint density at radius 2 is 2.18 bits per heavy atom. The Balaban J connectivity index is 2.48. The summed E-state index contributed by atoms with van der Waals surface area (Å²) in [5.41, 5.74) is 0.817. The van der Waals surface area contributed by atoms with Gasteiger partial charge in [-0.05, 0) is 17.7 Å². The molecule has 1 rings (SSSR count). The predicted molar refractivity (Wildman–Crippen MR) is 62.8 cm³/mol. The highest BCUT2D eigenvalue weighted by Gasteiger charge is 2.03. The monoisotopic (exact) mass is 257 g/mol. The van der Waals surface area contributed by atoms with E-state index < -0.39 is 6.67 Å². The van der Waals surface area contributed by atoms with E-state index in [-0.39, 0.29) is 6.61 Å². The Kier molecular flexibility index (Phi) is 6.38. The lowest BCUT2D eigenvalue weighted by atomic mass is 10.2. The Labute approximate surface area is 105 Å². The van der Waals surface area contributed by atoms with Gasteiger partial charge in [-0.25, -0.2) is 4.39 Å². The van der Waals surface area contributed by atoms with Crippen LogP contribution in [-0.2, 0) is 11.3 Å². The Bertz CT molecular complexity index is 393. The number of halogens is 2. The average Bonchev–Trinajstić information content (AvgIpc) is 2.34. The minimum atomic E-state index is -0.531. The summed E-state index contributed by atoms with van der Waals surface area (Å²) < 4.78 is 22.2. The zero-order valence-corrected chi connectivity index (χ0v) is 10.0. The summed E-state index contributed by atoms with van der Waals surface area (Å²) in [7, 11) is 0. The van der Waals surface area contributed by atoms with Gasteiger partial charge in [0.05, 0.1) is 25.7 Å². The van der Waals surface area contributed by atoms with Gasteiger partial charge in [-0.15, -0.1) is 0 Å². The van der Waals surface area contributed by atoms with Gasteiger partial charge in [0.2, 0.25) is 0 Å². The minimum absolute atomic E-state index is 0.0222. The zero-order valence-electron chi connectivity index (χ0n) is 9.29. The molecule has 0 heterocycles. The zero-order chi connectivity index (χ0) is 12.5. The van der Waals surface area contributed by atoms with Crippen molar-refractivity contribution in [1.82, 2.24) is 0 Å². The second kappa shape index (κ2) is 7.88. The summed E-state index contributed by atoms with van der Waals surface area (Å²) in [5, 5.41) is 8.85. The lowest BCUT2D eigenvalue weighted by Crippen LogP contribution is -2.00. The summed E-state index contributed by atoms with van der Waals surface area (Å²) in [6, 6.07) is 7.09. The number of ether oxygens (including phenoxy) is 2. The molecule has 0 aliphatic heterocycles. The lowest BCUT2D eigenvalue weighted by Gasteiger charge is -2.08. The SMILES string of the molecule is N#CCCOCc1ccc(OCCF)cc1Cl. The average molecular weight is 258 g/mol. The first kappa shape index (κ1) is 13.8. The molecule has 5 heteroatoms. The van der Waals surface area contributed by atoms with Crippen LogP contribution in [0.25, 0.3) is 0 Å². The molecule has 0 N–H and O–H groups in total. The number of alkyl halides is 1. The van der Waals surface area contributed by atoms with E-state index >= 15 is 0 Å². The Hall–Kier alpha value is -1.31. The van der Waals surface area contributed by atoms with Crippen molar-refractivity contribution in [3.05, 3.63) is 28.8 Å². The topological polar surface area (TPSA) is 42.2 Å². The summed E-state index contributed by atoms with van der Waals surface area (Å²) in [5.74, 6) is 0.536. The van der Waals surface area contributed by atoms with Crippen molar-refractivity contribution < 1.29 is 13.9 Å². The molecule has 92 valence electrons. The standard InChI is InChI=1S/C12H13ClFNO2/c13-12-8-11(17-7-4-14)3-2-10(12)9-16-6-1-5-15/h2-3,8H,1,4,6-7,9H2. The van der Waals surface area contributed by atoms with Gasteiger partial charge in [0.1, 0.15) is 19.0 Å². The third-order valence-corrected chi connectivity index (χ3v) is 2.34. The molecule has 0 aliphatic rings. The van der Waals surface area contributed by atoms with Gasteiger partial charge in [0.15, 0.2) is 0 Å². The molecule has 0 saturated heterocycles. The van der Waals surface area contributed by atoms with Gasteiger partial charge in [0.25, 0.3) is 0 Å². The van der Waals surface area contributed by atoms with Crippen LogP contribution in [0.4, 0.5) is 4.39 Å². The molecule has 0 unspecified atom stereocenters.